The Morgan fingerprint density at radius 1 is 1.23 bits per heavy atom. The molecule has 0 fully saturated rings. The Bertz CT molecular complexity index is 578. The molecule has 0 heterocycles. The number of hydrogen-bond acceptors (Lipinski definition) is 3. The summed E-state index contributed by atoms with van der Waals surface area (Å²) in [6, 6.07) is 5.61. The third-order valence-electron chi connectivity index (χ3n) is 3.75. The Labute approximate surface area is 168 Å². The van der Waals surface area contributed by atoms with Gasteiger partial charge < -0.3 is 10.1 Å². The number of benzene rings is 1. The van der Waals surface area contributed by atoms with Gasteiger partial charge in [-0.05, 0) is 42.4 Å². The Hall–Kier alpha value is -1.59. The van der Waals surface area contributed by atoms with Crippen molar-refractivity contribution in [3.8, 4) is 5.75 Å². The fraction of sp³-hybridized carbons (Fsp3) is 0.500. The molecule has 2 N–H and O–H groups in total. The van der Waals surface area contributed by atoms with Crippen molar-refractivity contribution < 1.29 is 4.74 Å². The molecule has 0 atom stereocenters. The summed E-state index contributed by atoms with van der Waals surface area (Å²) >= 11 is 11.3. The predicted molar refractivity (Wildman–Crippen MR) is 116 cm³/mol. The highest BCUT2D eigenvalue weighted by Crippen LogP contribution is 2.25. The maximum atomic E-state index is 6.28. The topological polar surface area (TPSA) is 45.7 Å². The van der Waals surface area contributed by atoms with Crippen molar-refractivity contribution in [2.24, 2.45) is 5.10 Å². The molecule has 0 aromatic heterocycles. The van der Waals surface area contributed by atoms with E-state index in [1.165, 1.54) is 38.5 Å². The third kappa shape index (κ3) is 10.4. The third-order valence-corrected chi connectivity index (χ3v) is 4.28. The lowest BCUT2D eigenvalue weighted by atomic mass is 10.1. The molecule has 4 nitrogen and oxygen atoms in total. The predicted octanol–water partition coefficient (Wildman–Crippen LogP) is 5.45. The van der Waals surface area contributed by atoms with Crippen LogP contribution in [0.2, 0.25) is 5.02 Å². The molecular formula is C20H30ClN3OS. The van der Waals surface area contributed by atoms with Gasteiger partial charge in [0.05, 0.1) is 17.8 Å². The smallest absolute Gasteiger partial charge is 0.187 e. The summed E-state index contributed by atoms with van der Waals surface area (Å²) in [5.41, 5.74) is 3.61. The van der Waals surface area contributed by atoms with E-state index in [4.69, 9.17) is 28.6 Å². The van der Waals surface area contributed by atoms with Crippen molar-refractivity contribution >= 4 is 35.1 Å². The SMILES string of the molecule is C=CCNC(=S)N/N=C/c1ccc(OCCCCCCCCC)c(Cl)c1. The molecule has 26 heavy (non-hydrogen) atoms. The molecular weight excluding hydrogens is 366 g/mol. The van der Waals surface area contributed by atoms with Gasteiger partial charge >= 0.3 is 0 Å². The average Bonchev–Trinajstić information content (AvgIpc) is 2.63. The number of hydrogen-bond donors (Lipinski definition) is 2. The zero-order valence-corrected chi connectivity index (χ0v) is 17.2. The van der Waals surface area contributed by atoms with Crippen molar-refractivity contribution in [3.05, 3.63) is 41.4 Å². The summed E-state index contributed by atoms with van der Waals surface area (Å²) in [5.74, 6) is 0.714. The Morgan fingerprint density at radius 2 is 1.96 bits per heavy atom. The molecule has 0 bridgehead atoms. The second-order valence-corrected chi connectivity index (χ2v) is 6.84. The molecule has 0 spiro atoms. The highest BCUT2D eigenvalue weighted by Gasteiger charge is 2.02. The zero-order valence-electron chi connectivity index (χ0n) is 15.6. The van der Waals surface area contributed by atoms with Gasteiger partial charge in [-0.1, -0.05) is 63.1 Å². The minimum absolute atomic E-state index is 0.446. The van der Waals surface area contributed by atoms with Gasteiger partial charge in [0.1, 0.15) is 5.75 Å². The molecule has 1 rings (SSSR count). The summed E-state index contributed by atoms with van der Waals surface area (Å²) in [7, 11) is 0. The summed E-state index contributed by atoms with van der Waals surface area (Å²) in [4.78, 5) is 0. The lowest BCUT2D eigenvalue weighted by Gasteiger charge is -2.08. The first-order valence-electron chi connectivity index (χ1n) is 9.27. The standard InChI is InChI=1S/C20H30ClN3OS/c1-3-5-6-7-8-9-10-14-25-19-12-11-17(15-18(19)21)16-23-24-20(26)22-13-4-2/h4,11-12,15-16H,2-3,5-10,13-14H2,1H3,(H2,22,24,26)/b23-16+. The van der Waals surface area contributed by atoms with Gasteiger partial charge in [-0.15, -0.1) is 6.58 Å². The summed E-state index contributed by atoms with van der Waals surface area (Å²) in [6.45, 7) is 7.14. The van der Waals surface area contributed by atoms with E-state index in [1.807, 2.05) is 18.2 Å². The van der Waals surface area contributed by atoms with Gasteiger partial charge in [-0.25, -0.2) is 0 Å². The van der Waals surface area contributed by atoms with Gasteiger partial charge in [0, 0.05) is 6.54 Å². The van der Waals surface area contributed by atoms with Crippen LogP contribution < -0.4 is 15.5 Å². The lowest BCUT2D eigenvalue weighted by Crippen LogP contribution is -2.31. The summed E-state index contributed by atoms with van der Waals surface area (Å²) < 4.78 is 5.77. The summed E-state index contributed by atoms with van der Waals surface area (Å²) in [5, 5.41) is 8.03. The van der Waals surface area contributed by atoms with E-state index in [0.29, 0.717) is 29.0 Å². The van der Waals surface area contributed by atoms with Crippen molar-refractivity contribution in [1.29, 1.82) is 0 Å². The van der Waals surface area contributed by atoms with Gasteiger partial charge in [0.25, 0.3) is 0 Å². The zero-order chi connectivity index (χ0) is 19.0. The number of halogens is 1. The number of thiocarbonyl (C=S) groups is 1. The minimum Gasteiger partial charge on any atom is -0.492 e. The second kappa shape index (κ2) is 14.6. The molecule has 144 valence electrons. The van der Waals surface area contributed by atoms with Crippen LogP contribution in [-0.4, -0.2) is 24.5 Å². The molecule has 1 aromatic carbocycles. The molecule has 6 heteroatoms. The van der Waals surface area contributed by atoms with E-state index in [0.717, 1.165) is 12.0 Å². The number of unbranched alkanes of at least 4 members (excludes halogenated alkanes) is 6. The Morgan fingerprint density at radius 3 is 2.65 bits per heavy atom. The van der Waals surface area contributed by atoms with Gasteiger partial charge in [0.15, 0.2) is 5.11 Å². The van der Waals surface area contributed by atoms with Crippen LogP contribution in [0.1, 0.15) is 57.4 Å². The monoisotopic (exact) mass is 395 g/mol. The van der Waals surface area contributed by atoms with Crippen LogP contribution in [-0.2, 0) is 0 Å². The van der Waals surface area contributed by atoms with Gasteiger partial charge in [-0.3, -0.25) is 5.43 Å². The number of ether oxygens (including phenoxy) is 1. The maximum Gasteiger partial charge on any atom is 0.187 e. The number of nitrogens with one attached hydrogen (secondary N) is 2. The van der Waals surface area contributed by atoms with Crippen LogP contribution in [0, 0.1) is 0 Å². The van der Waals surface area contributed by atoms with E-state index in [-0.39, 0.29) is 0 Å². The Balaban J connectivity index is 2.28. The number of hydrazone groups is 1. The van der Waals surface area contributed by atoms with E-state index in [9.17, 15) is 0 Å². The molecule has 0 radical (unpaired) electrons. The van der Waals surface area contributed by atoms with Crippen molar-refractivity contribution in [3.63, 3.8) is 0 Å². The number of nitrogens with zero attached hydrogens (tertiary/aromatic N) is 1. The van der Waals surface area contributed by atoms with E-state index in [1.54, 1.807) is 12.3 Å². The van der Waals surface area contributed by atoms with Gasteiger partial charge in [0.2, 0.25) is 0 Å². The van der Waals surface area contributed by atoms with Crippen LogP contribution in [0.15, 0.2) is 36.0 Å². The normalized spacial score (nSPS) is 10.7. The van der Waals surface area contributed by atoms with Crippen LogP contribution in [0.4, 0.5) is 0 Å². The second-order valence-electron chi connectivity index (χ2n) is 6.03. The van der Waals surface area contributed by atoms with Gasteiger partial charge in [-0.2, -0.15) is 5.10 Å². The summed E-state index contributed by atoms with van der Waals surface area (Å²) in [6.07, 6.45) is 12.2. The first-order chi connectivity index (χ1) is 12.7. The molecule has 0 aliphatic rings. The van der Waals surface area contributed by atoms with Crippen molar-refractivity contribution in [2.75, 3.05) is 13.2 Å². The highest BCUT2D eigenvalue weighted by molar-refractivity contribution is 7.80. The van der Waals surface area contributed by atoms with E-state index >= 15 is 0 Å². The first-order valence-corrected chi connectivity index (χ1v) is 10.1. The van der Waals surface area contributed by atoms with Crippen molar-refractivity contribution in [2.45, 2.75) is 51.9 Å². The lowest BCUT2D eigenvalue weighted by molar-refractivity contribution is 0.304. The fourth-order valence-electron chi connectivity index (χ4n) is 2.33. The maximum absolute atomic E-state index is 6.28. The molecule has 0 saturated heterocycles. The molecule has 0 aliphatic heterocycles. The molecule has 0 aliphatic carbocycles. The minimum atomic E-state index is 0.446. The quantitative estimate of drug-likeness (QED) is 0.153. The highest BCUT2D eigenvalue weighted by atomic mass is 35.5. The fourth-order valence-corrected chi connectivity index (χ4v) is 2.71. The van der Waals surface area contributed by atoms with E-state index < -0.39 is 0 Å². The van der Waals surface area contributed by atoms with Crippen molar-refractivity contribution in [1.82, 2.24) is 10.7 Å². The number of rotatable bonds is 13. The molecule has 0 amide bonds. The molecule has 0 saturated carbocycles. The molecule has 0 unspecified atom stereocenters. The first kappa shape index (κ1) is 22.5. The largest absolute Gasteiger partial charge is 0.492 e. The van der Waals surface area contributed by atoms with Crippen LogP contribution >= 0.6 is 23.8 Å². The molecule has 1 aromatic rings. The Kier molecular flexibility index (Phi) is 12.6. The van der Waals surface area contributed by atoms with Crippen LogP contribution in [0.25, 0.3) is 0 Å². The van der Waals surface area contributed by atoms with Crippen LogP contribution in [0.5, 0.6) is 5.75 Å². The average molecular weight is 396 g/mol. The van der Waals surface area contributed by atoms with E-state index in [2.05, 4.69) is 29.3 Å². The van der Waals surface area contributed by atoms with Crippen LogP contribution in [0.3, 0.4) is 0 Å².